The van der Waals surface area contributed by atoms with Gasteiger partial charge in [-0.3, -0.25) is 9.59 Å². The van der Waals surface area contributed by atoms with Crippen LogP contribution in [0.1, 0.15) is 80.1 Å². The van der Waals surface area contributed by atoms with Crippen molar-refractivity contribution in [3.8, 4) is 0 Å². The standard InChI is InChI=1S/C9H17NO.C8H15NO.C4H8O/c1-8-4-3-6-10(7-5-8)9(2)11;1-7-3-5-9(6-4-7)8(2)10;1-3-4(2)5/h8H,3-7H2,1-2H3;7H,3-6H2,1-2H3;3H2,1-2H3. The van der Waals surface area contributed by atoms with E-state index in [2.05, 4.69) is 13.8 Å². The van der Waals surface area contributed by atoms with Crippen LogP contribution in [0.15, 0.2) is 0 Å². The molecule has 0 radical (unpaired) electrons. The van der Waals surface area contributed by atoms with Crippen LogP contribution in [0.3, 0.4) is 0 Å². The number of carbonyl (C=O) groups is 3. The van der Waals surface area contributed by atoms with E-state index < -0.39 is 0 Å². The molecule has 2 fully saturated rings. The summed E-state index contributed by atoms with van der Waals surface area (Å²) in [4.78, 5) is 35.5. The fourth-order valence-corrected chi connectivity index (χ4v) is 2.90. The molecule has 0 aromatic heterocycles. The second-order valence-corrected chi connectivity index (χ2v) is 7.79. The minimum atomic E-state index is 0.229. The lowest BCUT2D eigenvalue weighted by molar-refractivity contribution is -0.130. The Kier molecular flexibility index (Phi) is 13.0. The third-order valence-corrected chi connectivity index (χ3v) is 5.19. The highest BCUT2D eigenvalue weighted by molar-refractivity contribution is 5.75. The molecule has 152 valence electrons. The summed E-state index contributed by atoms with van der Waals surface area (Å²) in [6.07, 6.45) is 6.67. The van der Waals surface area contributed by atoms with Crippen molar-refractivity contribution < 1.29 is 14.4 Å². The van der Waals surface area contributed by atoms with Crippen LogP contribution in [0.2, 0.25) is 0 Å². The zero-order chi connectivity index (χ0) is 20.1. The summed E-state index contributed by atoms with van der Waals surface area (Å²) in [6, 6.07) is 0. The summed E-state index contributed by atoms with van der Waals surface area (Å²) in [5, 5.41) is 0. The molecule has 0 bridgehead atoms. The topological polar surface area (TPSA) is 57.7 Å². The van der Waals surface area contributed by atoms with Crippen molar-refractivity contribution in [2.24, 2.45) is 11.8 Å². The van der Waals surface area contributed by atoms with Crippen LogP contribution in [0, 0.1) is 11.8 Å². The summed E-state index contributed by atoms with van der Waals surface area (Å²) < 4.78 is 0. The highest BCUT2D eigenvalue weighted by Crippen LogP contribution is 2.16. The van der Waals surface area contributed by atoms with E-state index in [1.54, 1.807) is 20.8 Å². The molecule has 1 unspecified atom stereocenters. The first-order valence-electron chi connectivity index (χ1n) is 10.2. The maximum atomic E-state index is 11.0. The molecule has 0 aromatic carbocycles. The van der Waals surface area contributed by atoms with E-state index in [0.717, 1.165) is 38.0 Å². The van der Waals surface area contributed by atoms with E-state index in [1.807, 2.05) is 16.7 Å². The number of likely N-dealkylation sites (tertiary alicyclic amines) is 2. The van der Waals surface area contributed by atoms with Gasteiger partial charge in [-0.15, -0.1) is 0 Å². The molecule has 2 aliphatic heterocycles. The quantitative estimate of drug-likeness (QED) is 0.705. The number of nitrogens with zero attached hydrogens (tertiary/aromatic N) is 2. The van der Waals surface area contributed by atoms with Gasteiger partial charge in [0.1, 0.15) is 5.78 Å². The fourth-order valence-electron chi connectivity index (χ4n) is 2.90. The number of rotatable bonds is 1. The number of amides is 2. The number of Topliss-reactive ketones (excluding diaryl/α,β-unsaturated/α-hetero) is 1. The second-order valence-electron chi connectivity index (χ2n) is 7.79. The van der Waals surface area contributed by atoms with Crippen LogP contribution in [-0.2, 0) is 14.4 Å². The van der Waals surface area contributed by atoms with Crippen LogP contribution >= 0.6 is 0 Å². The van der Waals surface area contributed by atoms with E-state index in [4.69, 9.17) is 0 Å². The maximum Gasteiger partial charge on any atom is 0.219 e. The maximum absolute atomic E-state index is 11.0. The van der Waals surface area contributed by atoms with Gasteiger partial charge >= 0.3 is 0 Å². The minimum absolute atomic E-state index is 0.229. The van der Waals surface area contributed by atoms with Crippen LogP contribution < -0.4 is 0 Å². The molecular weight excluding hydrogens is 328 g/mol. The van der Waals surface area contributed by atoms with Crippen molar-refractivity contribution in [3.05, 3.63) is 0 Å². The van der Waals surface area contributed by atoms with E-state index in [1.165, 1.54) is 32.1 Å². The Morgan fingerprint density at radius 3 is 1.42 bits per heavy atom. The van der Waals surface area contributed by atoms with Gasteiger partial charge in [0.25, 0.3) is 0 Å². The summed E-state index contributed by atoms with van der Waals surface area (Å²) in [6.45, 7) is 15.1. The Hall–Kier alpha value is -1.39. The first-order chi connectivity index (χ1) is 12.2. The van der Waals surface area contributed by atoms with Crippen molar-refractivity contribution in [2.75, 3.05) is 26.2 Å². The van der Waals surface area contributed by atoms with Gasteiger partial charge in [-0.2, -0.15) is 0 Å². The molecule has 0 aliphatic carbocycles. The van der Waals surface area contributed by atoms with E-state index in [-0.39, 0.29) is 17.6 Å². The Labute approximate surface area is 160 Å². The predicted molar refractivity (Wildman–Crippen MR) is 107 cm³/mol. The van der Waals surface area contributed by atoms with Gasteiger partial charge in [0.2, 0.25) is 11.8 Å². The van der Waals surface area contributed by atoms with Gasteiger partial charge in [0.15, 0.2) is 0 Å². The van der Waals surface area contributed by atoms with Gasteiger partial charge in [-0.1, -0.05) is 20.8 Å². The van der Waals surface area contributed by atoms with Crippen molar-refractivity contribution >= 4 is 17.6 Å². The molecule has 0 spiro atoms. The minimum Gasteiger partial charge on any atom is -0.343 e. The van der Waals surface area contributed by atoms with Crippen molar-refractivity contribution in [1.29, 1.82) is 0 Å². The SMILES string of the molecule is CC(=O)N1CCC(C)CC1.CC(=O)N1CCCC(C)CC1.CCC(C)=O. The Balaban J connectivity index is 0.000000387. The summed E-state index contributed by atoms with van der Waals surface area (Å²) >= 11 is 0. The third-order valence-electron chi connectivity index (χ3n) is 5.19. The molecule has 2 aliphatic rings. The average Bonchev–Trinajstić information content (AvgIpc) is 2.81. The van der Waals surface area contributed by atoms with Gasteiger partial charge < -0.3 is 14.6 Å². The zero-order valence-corrected chi connectivity index (χ0v) is 17.8. The predicted octanol–water partition coefficient (Wildman–Crippen LogP) is 3.91. The molecular formula is C21H40N2O3. The van der Waals surface area contributed by atoms with Crippen LogP contribution in [0.25, 0.3) is 0 Å². The molecule has 5 nitrogen and oxygen atoms in total. The van der Waals surface area contributed by atoms with Crippen LogP contribution in [0.5, 0.6) is 0 Å². The molecule has 1 atom stereocenters. The molecule has 0 aromatic rings. The van der Waals surface area contributed by atoms with Crippen LogP contribution in [-0.4, -0.2) is 53.6 Å². The molecule has 26 heavy (non-hydrogen) atoms. The molecule has 2 heterocycles. The smallest absolute Gasteiger partial charge is 0.219 e. The molecule has 0 N–H and O–H groups in total. The Bertz CT molecular complexity index is 429. The van der Waals surface area contributed by atoms with Gasteiger partial charge in [-0.25, -0.2) is 0 Å². The highest BCUT2D eigenvalue weighted by atomic mass is 16.2. The lowest BCUT2D eigenvalue weighted by Crippen LogP contribution is -2.36. The monoisotopic (exact) mass is 368 g/mol. The molecule has 2 rings (SSSR count). The Morgan fingerprint density at radius 2 is 1.08 bits per heavy atom. The summed E-state index contributed by atoms with van der Waals surface area (Å²) in [5.41, 5.74) is 0. The molecule has 2 amide bonds. The highest BCUT2D eigenvalue weighted by Gasteiger charge is 2.16. The van der Waals surface area contributed by atoms with Gasteiger partial charge in [0.05, 0.1) is 0 Å². The zero-order valence-electron chi connectivity index (χ0n) is 17.8. The molecule has 5 heteroatoms. The van der Waals surface area contributed by atoms with Crippen molar-refractivity contribution in [1.82, 2.24) is 9.80 Å². The third kappa shape index (κ3) is 12.0. The first-order valence-corrected chi connectivity index (χ1v) is 10.2. The van der Waals surface area contributed by atoms with E-state index in [0.29, 0.717) is 6.42 Å². The van der Waals surface area contributed by atoms with Gasteiger partial charge in [-0.05, 0) is 50.9 Å². The van der Waals surface area contributed by atoms with Crippen molar-refractivity contribution in [2.45, 2.75) is 80.1 Å². The average molecular weight is 369 g/mol. The lowest BCUT2D eigenvalue weighted by Gasteiger charge is -2.29. The number of carbonyl (C=O) groups excluding carboxylic acids is 3. The lowest BCUT2D eigenvalue weighted by atomic mass is 9.99. The van der Waals surface area contributed by atoms with Crippen LogP contribution in [0.4, 0.5) is 0 Å². The second kappa shape index (κ2) is 13.8. The normalized spacial score (nSPS) is 20.8. The Morgan fingerprint density at radius 1 is 0.731 bits per heavy atom. The first kappa shape index (κ1) is 24.6. The fraction of sp³-hybridized carbons (Fsp3) is 0.857. The number of piperidine rings is 1. The number of hydrogen-bond acceptors (Lipinski definition) is 3. The number of ketones is 1. The van der Waals surface area contributed by atoms with Gasteiger partial charge in [0, 0.05) is 46.4 Å². The molecule has 2 saturated heterocycles. The number of hydrogen-bond donors (Lipinski definition) is 0. The summed E-state index contributed by atoms with van der Waals surface area (Å²) in [7, 11) is 0. The summed E-state index contributed by atoms with van der Waals surface area (Å²) in [5.74, 6) is 2.34. The van der Waals surface area contributed by atoms with Crippen molar-refractivity contribution in [3.63, 3.8) is 0 Å². The van der Waals surface area contributed by atoms with E-state index in [9.17, 15) is 14.4 Å². The largest absolute Gasteiger partial charge is 0.343 e. The molecule has 0 saturated carbocycles. The van der Waals surface area contributed by atoms with E-state index >= 15 is 0 Å².